The van der Waals surface area contributed by atoms with E-state index in [1.807, 2.05) is 0 Å². The van der Waals surface area contributed by atoms with E-state index in [4.69, 9.17) is 28.9 Å². The van der Waals surface area contributed by atoms with Crippen LogP contribution in [-0.4, -0.2) is 16.5 Å². The smallest absolute Gasteiger partial charge is 0.159 e. The van der Waals surface area contributed by atoms with Crippen LogP contribution >= 0.6 is 23.2 Å². The number of halogens is 2. The molecule has 0 saturated carbocycles. The Kier molecular flexibility index (Phi) is 5.47. The van der Waals surface area contributed by atoms with Crippen molar-refractivity contribution >= 4 is 46.2 Å². The maximum atomic E-state index is 6.14. The Balaban J connectivity index is 2.20. The molecule has 7 heteroatoms. The summed E-state index contributed by atoms with van der Waals surface area (Å²) < 4.78 is 0. The van der Waals surface area contributed by atoms with Gasteiger partial charge in [0.1, 0.15) is 12.0 Å². The van der Waals surface area contributed by atoms with E-state index in [0.29, 0.717) is 33.1 Å². The van der Waals surface area contributed by atoms with Crippen LogP contribution in [0, 0.1) is 0 Å². The van der Waals surface area contributed by atoms with Crippen molar-refractivity contribution < 1.29 is 0 Å². The van der Waals surface area contributed by atoms with Gasteiger partial charge >= 0.3 is 0 Å². The first-order valence-corrected chi connectivity index (χ1v) is 7.44. The van der Waals surface area contributed by atoms with Gasteiger partial charge in [-0.15, -0.1) is 0 Å². The van der Waals surface area contributed by atoms with Gasteiger partial charge in [-0.25, -0.2) is 9.97 Å². The van der Waals surface area contributed by atoms with E-state index in [0.717, 1.165) is 19.4 Å². The van der Waals surface area contributed by atoms with Gasteiger partial charge in [0.2, 0.25) is 0 Å². The zero-order chi connectivity index (χ0) is 15.2. The monoisotopic (exact) mass is 325 g/mol. The highest BCUT2D eigenvalue weighted by Gasteiger charge is 2.10. The molecule has 0 unspecified atom stereocenters. The van der Waals surface area contributed by atoms with Crippen molar-refractivity contribution in [3.63, 3.8) is 0 Å². The zero-order valence-corrected chi connectivity index (χ0v) is 13.2. The fraction of sp³-hybridized carbons (Fsp3) is 0.286. The number of nitrogens with zero attached hydrogens (tertiary/aromatic N) is 2. The molecule has 0 aliphatic rings. The molecule has 0 spiro atoms. The molecule has 0 fully saturated rings. The van der Waals surface area contributed by atoms with Crippen LogP contribution in [0.4, 0.5) is 23.0 Å². The number of nitrogen functional groups attached to an aromatic ring is 1. The van der Waals surface area contributed by atoms with Gasteiger partial charge in [-0.1, -0.05) is 42.6 Å². The lowest BCUT2D eigenvalue weighted by atomic mass is 10.3. The molecule has 112 valence electrons. The fourth-order valence-corrected chi connectivity index (χ4v) is 2.10. The number of nitrogens with one attached hydrogen (secondary N) is 2. The standard InChI is InChI=1S/C14H17Cl2N5/c1-2-3-7-18-13-12(17)14(20-8-19-13)21-10-6-4-5-9(15)11(10)16/h4-6,8H,2-3,7,17H2,1H3,(H2,18,19,20,21). The molecule has 0 radical (unpaired) electrons. The molecule has 1 aromatic carbocycles. The summed E-state index contributed by atoms with van der Waals surface area (Å²) in [4.78, 5) is 8.29. The molecule has 0 atom stereocenters. The summed E-state index contributed by atoms with van der Waals surface area (Å²) in [7, 11) is 0. The van der Waals surface area contributed by atoms with Crippen LogP contribution in [0.5, 0.6) is 0 Å². The lowest BCUT2D eigenvalue weighted by Crippen LogP contribution is -2.09. The first-order valence-electron chi connectivity index (χ1n) is 6.68. The zero-order valence-electron chi connectivity index (χ0n) is 11.7. The predicted octanol–water partition coefficient (Wildman–Crippen LogP) is 4.32. The highest BCUT2D eigenvalue weighted by molar-refractivity contribution is 6.43. The molecule has 0 aliphatic heterocycles. The van der Waals surface area contributed by atoms with Crippen molar-refractivity contribution in [3.05, 3.63) is 34.6 Å². The molecule has 21 heavy (non-hydrogen) atoms. The quantitative estimate of drug-likeness (QED) is 0.689. The third kappa shape index (κ3) is 3.89. The van der Waals surface area contributed by atoms with E-state index in [2.05, 4.69) is 27.5 Å². The minimum Gasteiger partial charge on any atom is -0.393 e. The highest BCUT2D eigenvalue weighted by Crippen LogP contribution is 2.33. The minimum atomic E-state index is 0.428. The molecule has 0 aliphatic carbocycles. The van der Waals surface area contributed by atoms with E-state index in [1.54, 1.807) is 18.2 Å². The van der Waals surface area contributed by atoms with E-state index < -0.39 is 0 Å². The molecule has 0 amide bonds. The van der Waals surface area contributed by atoms with E-state index >= 15 is 0 Å². The van der Waals surface area contributed by atoms with Gasteiger partial charge in [-0.3, -0.25) is 0 Å². The minimum absolute atomic E-state index is 0.428. The van der Waals surface area contributed by atoms with Crippen LogP contribution in [0.3, 0.4) is 0 Å². The summed E-state index contributed by atoms with van der Waals surface area (Å²) in [6.45, 7) is 2.94. The van der Waals surface area contributed by atoms with Crippen molar-refractivity contribution in [3.8, 4) is 0 Å². The van der Waals surface area contributed by atoms with Crippen LogP contribution < -0.4 is 16.4 Å². The van der Waals surface area contributed by atoms with E-state index in [9.17, 15) is 0 Å². The van der Waals surface area contributed by atoms with Gasteiger partial charge in [0.15, 0.2) is 11.6 Å². The van der Waals surface area contributed by atoms with E-state index in [1.165, 1.54) is 6.33 Å². The Bertz CT molecular complexity index is 618. The first kappa shape index (κ1) is 15.7. The largest absolute Gasteiger partial charge is 0.393 e. The molecular weight excluding hydrogens is 309 g/mol. The number of rotatable bonds is 6. The molecule has 2 rings (SSSR count). The van der Waals surface area contributed by atoms with Crippen LogP contribution in [0.25, 0.3) is 0 Å². The SMILES string of the molecule is CCCCNc1ncnc(Nc2cccc(Cl)c2Cl)c1N. The van der Waals surface area contributed by atoms with Gasteiger partial charge in [0, 0.05) is 6.54 Å². The number of nitrogens with two attached hydrogens (primary N) is 1. The highest BCUT2D eigenvalue weighted by atomic mass is 35.5. The predicted molar refractivity (Wildman–Crippen MR) is 89.6 cm³/mol. The normalized spacial score (nSPS) is 10.4. The lowest BCUT2D eigenvalue weighted by Gasteiger charge is -2.13. The van der Waals surface area contributed by atoms with Crippen molar-refractivity contribution in [2.75, 3.05) is 22.9 Å². The molecule has 0 bridgehead atoms. The average molecular weight is 326 g/mol. The number of benzene rings is 1. The molecule has 5 nitrogen and oxygen atoms in total. The Morgan fingerprint density at radius 2 is 1.95 bits per heavy atom. The van der Waals surface area contributed by atoms with Crippen molar-refractivity contribution in [2.45, 2.75) is 19.8 Å². The van der Waals surface area contributed by atoms with Crippen LogP contribution in [0.2, 0.25) is 10.0 Å². The number of anilines is 4. The van der Waals surface area contributed by atoms with Gasteiger partial charge in [-0.05, 0) is 18.6 Å². The second-order valence-electron chi connectivity index (χ2n) is 4.49. The number of unbranched alkanes of at least 4 members (excludes halogenated alkanes) is 1. The summed E-state index contributed by atoms with van der Waals surface area (Å²) in [5.74, 6) is 1.10. The van der Waals surface area contributed by atoms with Gasteiger partial charge in [0.05, 0.1) is 15.7 Å². The van der Waals surface area contributed by atoms with Crippen molar-refractivity contribution in [1.29, 1.82) is 0 Å². The van der Waals surface area contributed by atoms with E-state index in [-0.39, 0.29) is 0 Å². The van der Waals surface area contributed by atoms with Gasteiger partial charge in [0.25, 0.3) is 0 Å². The number of hydrogen-bond donors (Lipinski definition) is 3. The number of hydrogen-bond acceptors (Lipinski definition) is 5. The third-order valence-corrected chi connectivity index (χ3v) is 3.73. The fourth-order valence-electron chi connectivity index (χ4n) is 1.75. The molecule has 1 aromatic heterocycles. The summed E-state index contributed by atoms with van der Waals surface area (Å²) in [6, 6.07) is 5.32. The van der Waals surface area contributed by atoms with Crippen LogP contribution in [0.1, 0.15) is 19.8 Å². The lowest BCUT2D eigenvalue weighted by molar-refractivity contribution is 0.831. The summed E-state index contributed by atoms with van der Waals surface area (Å²) >= 11 is 12.1. The third-order valence-electron chi connectivity index (χ3n) is 2.91. The Morgan fingerprint density at radius 1 is 1.19 bits per heavy atom. The average Bonchev–Trinajstić information content (AvgIpc) is 2.48. The Hall–Kier alpha value is -1.72. The van der Waals surface area contributed by atoms with Crippen molar-refractivity contribution in [2.24, 2.45) is 0 Å². The summed E-state index contributed by atoms with van der Waals surface area (Å²) in [6.07, 6.45) is 3.60. The molecule has 4 N–H and O–H groups in total. The molecule has 2 aromatic rings. The Labute approximate surface area is 133 Å². The second-order valence-corrected chi connectivity index (χ2v) is 5.28. The summed E-state index contributed by atoms with van der Waals surface area (Å²) in [5, 5.41) is 7.17. The van der Waals surface area contributed by atoms with Crippen LogP contribution in [0.15, 0.2) is 24.5 Å². The summed E-state index contributed by atoms with van der Waals surface area (Å²) in [5.41, 5.74) is 7.17. The molecular formula is C14H17Cl2N5. The molecule has 1 heterocycles. The van der Waals surface area contributed by atoms with Crippen LogP contribution in [-0.2, 0) is 0 Å². The number of aromatic nitrogens is 2. The van der Waals surface area contributed by atoms with Gasteiger partial charge < -0.3 is 16.4 Å². The molecule has 0 saturated heterocycles. The van der Waals surface area contributed by atoms with Gasteiger partial charge in [-0.2, -0.15) is 0 Å². The topological polar surface area (TPSA) is 75.9 Å². The Morgan fingerprint density at radius 3 is 2.71 bits per heavy atom. The maximum Gasteiger partial charge on any atom is 0.159 e. The second kappa shape index (κ2) is 7.33. The van der Waals surface area contributed by atoms with Crippen molar-refractivity contribution in [1.82, 2.24) is 9.97 Å². The maximum absolute atomic E-state index is 6.14. The first-order chi connectivity index (χ1) is 10.1.